The van der Waals surface area contributed by atoms with Crippen molar-refractivity contribution in [3.8, 4) is 0 Å². The maximum Gasteiger partial charge on any atom is 0.413 e. The number of pyridine rings is 1. The molecule has 0 saturated carbocycles. The number of nitrogen functional groups attached to an aromatic ring is 1. The van der Waals surface area contributed by atoms with E-state index in [1.54, 1.807) is 29.2 Å². The van der Waals surface area contributed by atoms with Gasteiger partial charge < -0.3 is 30.8 Å². The highest BCUT2D eigenvalue weighted by atomic mass is 16.6. The van der Waals surface area contributed by atoms with Crippen LogP contribution in [0.5, 0.6) is 0 Å². The van der Waals surface area contributed by atoms with Crippen LogP contribution in [0, 0.1) is 22.2 Å². The molecule has 1 spiro atoms. The van der Waals surface area contributed by atoms with Crippen LogP contribution < -0.4 is 16.0 Å². The minimum absolute atomic E-state index is 0.00177. The molecule has 260 valence electrons. The molecule has 4 atom stereocenters. The summed E-state index contributed by atoms with van der Waals surface area (Å²) in [4.78, 5) is 49.1. The van der Waals surface area contributed by atoms with Gasteiger partial charge in [0.1, 0.15) is 11.5 Å². The van der Waals surface area contributed by atoms with Gasteiger partial charge in [-0.25, -0.2) is 9.78 Å². The Balaban J connectivity index is 1.03. The highest BCUT2D eigenvalue weighted by molar-refractivity contribution is 6.04. The molecule has 3 fully saturated rings. The number of hydrogen-bond donors (Lipinski definition) is 4. The van der Waals surface area contributed by atoms with Gasteiger partial charge in [0.25, 0.3) is 0 Å². The Labute approximate surface area is 286 Å². The van der Waals surface area contributed by atoms with Gasteiger partial charge in [-0.3, -0.25) is 24.8 Å². The molecular formula is C36H46N8O5. The fourth-order valence-corrected chi connectivity index (χ4v) is 7.66. The van der Waals surface area contributed by atoms with E-state index in [2.05, 4.69) is 16.3 Å². The number of ether oxygens (including phenoxy) is 2. The molecule has 13 heteroatoms. The molecule has 5 heterocycles. The molecule has 5 N–H and O–H groups in total. The zero-order chi connectivity index (χ0) is 34.9. The van der Waals surface area contributed by atoms with Crippen LogP contribution in [0.25, 0.3) is 5.57 Å². The van der Waals surface area contributed by atoms with Crippen LogP contribution in [-0.2, 0) is 19.1 Å². The second-order valence-corrected chi connectivity index (χ2v) is 13.8. The van der Waals surface area contributed by atoms with Crippen molar-refractivity contribution >= 4 is 46.6 Å². The molecule has 0 aliphatic carbocycles. The Morgan fingerprint density at radius 2 is 1.78 bits per heavy atom. The number of nitrogens with zero attached hydrogens (tertiary/aromatic N) is 4. The predicted molar refractivity (Wildman–Crippen MR) is 187 cm³/mol. The Hall–Kier alpha value is -4.62. The van der Waals surface area contributed by atoms with E-state index in [1.165, 1.54) is 7.05 Å². The van der Waals surface area contributed by atoms with Crippen molar-refractivity contribution in [1.29, 1.82) is 10.8 Å². The second-order valence-electron chi connectivity index (χ2n) is 13.8. The SMILES string of the molecule is CNC(=O)OC(=N)c1ccc(C2=CCN(C(=O)CN3CC[C@]4(CCN(c5ccc(N)c(C(=N)C6C[C@@H](C)O[C@@H](C)C6)n5)C4=O)C3)CC2)cc1. The number of hydrogen-bond acceptors (Lipinski definition) is 10. The molecule has 49 heavy (non-hydrogen) atoms. The van der Waals surface area contributed by atoms with Crippen molar-refractivity contribution in [2.75, 3.05) is 56.9 Å². The first kappa shape index (κ1) is 34.3. The van der Waals surface area contributed by atoms with Gasteiger partial charge in [-0.15, -0.1) is 0 Å². The number of nitrogens with two attached hydrogens (primary N) is 1. The first-order valence-corrected chi connectivity index (χ1v) is 17.1. The zero-order valence-corrected chi connectivity index (χ0v) is 28.5. The fourth-order valence-electron chi connectivity index (χ4n) is 7.66. The summed E-state index contributed by atoms with van der Waals surface area (Å²) in [7, 11) is 1.44. The lowest BCUT2D eigenvalue weighted by atomic mass is 9.85. The first-order valence-electron chi connectivity index (χ1n) is 17.1. The molecule has 3 amide bonds. The van der Waals surface area contributed by atoms with Gasteiger partial charge in [0.2, 0.25) is 17.7 Å². The van der Waals surface area contributed by atoms with E-state index in [0.717, 1.165) is 24.0 Å². The highest BCUT2D eigenvalue weighted by Crippen LogP contribution is 2.42. The van der Waals surface area contributed by atoms with Crippen LogP contribution in [0.4, 0.5) is 16.3 Å². The molecule has 4 aliphatic rings. The summed E-state index contributed by atoms with van der Waals surface area (Å²) in [5, 5.41) is 19.2. The van der Waals surface area contributed by atoms with Crippen LogP contribution in [0.15, 0.2) is 42.5 Å². The monoisotopic (exact) mass is 670 g/mol. The third-order valence-corrected chi connectivity index (χ3v) is 10.3. The topological polar surface area (TPSA) is 178 Å². The summed E-state index contributed by atoms with van der Waals surface area (Å²) in [5.41, 5.74) is 9.66. The van der Waals surface area contributed by atoms with Gasteiger partial charge in [-0.2, -0.15) is 0 Å². The first-order chi connectivity index (χ1) is 23.5. The normalized spacial score (nSPS) is 25.7. The number of benzene rings is 1. The third kappa shape index (κ3) is 7.23. The molecule has 1 unspecified atom stereocenters. The molecule has 1 aromatic heterocycles. The van der Waals surface area contributed by atoms with Gasteiger partial charge in [0.05, 0.1) is 35.6 Å². The molecule has 0 radical (unpaired) electrons. The number of likely N-dealkylation sites (tertiary alicyclic amines) is 1. The predicted octanol–water partition coefficient (Wildman–Crippen LogP) is 3.66. The minimum atomic E-state index is -0.687. The Bertz CT molecular complexity index is 1670. The van der Waals surface area contributed by atoms with Crippen molar-refractivity contribution < 1.29 is 23.9 Å². The largest absolute Gasteiger partial charge is 0.413 e. The molecule has 1 aromatic carbocycles. The molecule has 6 rings (SSSR count). The van der Waals surface area contributed by atoms with Crippen LogP contribution >= 0.6 is 0 Å². The summed E-state index contributed by atoms with van der Waals surface area (Å²) in [5.74, 6) is 0.374. The number of nitrogens with one attached hydrogen (secondary N) is 3. The Morgan fingerprint density at radius 3 is 2.45 bits per heavy atom. The van der Waals surface area contributed by atoms with Gasteiger partial charge >= 0.3 is 6.09 Å². The van der Waals surface area contributed by atoms with E-state index in [9.17, 15) is 14.4 Å². The summed E-state index contributed by atoms with van der Waals surface area (Å²) in [6, 6.07) is 10.8. The van der Waals surface area contributed by atoms with Gasteiger partial charge in [-0.1, -0.05) is 18.2 Å². The number of anilines is 2. The van der Waals surface area contributed by atoms with E-state index in [4.69, 9.17) is 31.0 Å². The standard InChI is InChI=1S/C36H46N8O5/c1-22-18-27(19-23(2)48-22)31(38)32-28(37)8-9-29(41-32)44-17-13-36(34(44)46)12-16-42(21-36)20-30(45)43-14-10-25(11-15-43)24-4-6-26(7-5-24)33(39)49-35(47)40-3/h4-10,22-23,27,38-39H,11-21,37H2,1-3H3,(H,40,47)/t22-,23+,27?,36-/m0/s1. The maximum absolute atomic E-state index is 13.9. The van der Waals surface area contributed by atoms with Gasteiger partial charge in [0, 0.05) is 44.7 Å². The summed E-state index contributed by atoms with van der Waals surface area (Å²) < 4.78 is 10.8. The molecular weight excluding hydrogens is 624 g/mol. The highest BCUT2D eigenvalue weighted by Gasteiger charge is 2.51. The molecule has 13 nitrogen and oxygen atoms in total. The average molecular weight is 671 g/mol. The Kier molecular flexibility index (Phi) is 9.84. The number of alkyl carbamates (subject to hydrolysis) is 1. The zero-order valence-electron chi connectivity index (χ0n) is 28.5. The van der Waals surface area contributed by atoms with E-state index in [-0.39, 0.29) is 42.4 Å². The average Bonchev–Trinajstić information content (AvgIpc) is 3.65. The fraction of sp³-hybridized carbons (Fsp3) is 0.500. The number of carbonyl (C=O) groups excluding carboxylic acids is 3. The summed E-state index contributed by atoms with van der Waals surface area (Å²) in [6.45, 7) is 7.16. The van der Waals surface area contributed by atoms with Crippen molar-refractivity contribution in [1.82, 2.24) is 20.1 Å². The lowest BCUT2D eigenvalue weighted by Crippen LogP contribution is -2.43. The smallest absolute Gasteiger partial charge is 0.397 e. The van der Waals surface area contributed by atoms with Gasteiger partial charge in [-0.05, 0) is 87.9 Å². The lowest BCUT2D eigenvalue weighted by Gasteiger charge is -2.32. The van der Waals surface area contributed by atoms with E-state index in [1.807, 2.05) is 30.9 Å². The van der Waals surface area contributed by atoms with Crippen molar-refractivity contribution in [2.24, 2.45) is 11.3 Å². The quantitative estimate of drug-likeness (QED) is 0.255. The van der Waals surface area contributed by atoms with Crippen LogP contribution in [-0.4, -0.2) is 103 Å². The molecule has 0 bridgehead atoms. The van der Waals surface area contributed by atoms with Crippen molar-refractivity contribution in [3.63, 3.8) is 0 Å². The second kappa shape index (κ2) is 14.1. The number of aromatic nitrogens is 1. The van der Waals surface area contributed by atoms with E-state index < -0.39 is 11.5 Å². The summed E-state index contributed by atoms with van der Waals surface area (Å²) in [6.07, 6.45) is 5.06. The van der Waals surface area contributed by atoms with Crippen LogP contribution in [0.1, 0.15) is 62.8 Å². The molecule has 3 saturated heterocycles. The van der Waals surface area contributed by atoms with Crippen LogP contribution in [0.3, 0.4) is 0 Å². The Morgan fingerprint density at radius 1 is 1.06 bits per heavy atom. The summed E-state index contributed by atoms with van der Waals surface area (Å²) >= 11 is 0. The lowest BCUT2D eigenvalue weighted by molar-refractivity contribution is -0.132. The number of carbonyl (C=O) groups is 3. The third-order valence-electron chi connectivity index (χ3n) is 10.3. The minimum Gasteiger partial charge on any atom is -0.397 e. The van der Waals surface area contributed by atoms with E-state index in [0.29, 0.717) is 80.5 Å². The molecule has 4 aliphatic heterocycles. The van der Waals surface area contributed by atoms with Gasteiger partial charge in [0.15, 0.2) is 0 Å². The van der Waals surface area contributed by atoms with Crippen molar-refractivity contribution in [3.05, 3.63) is 59.3 Å². The van der Waals surface area contributed by atoms with Crippen molar-refractivity contribution in [2.45, 2.75) is 58.2 Å². The maximum atomic E-state index is 13.9. The number of amides is 3. The number of rotatable bonds is 7. The van der Waals surface area contributed by atoms with Crippen LogP contribution in [0.2, 0.25) is 0 Å². The van der Waals surface area contributed by atoms with E-state index >= 15 is 0 Å². The molecule has 2 aromatic rings.